The van der Waals surface area contributed by atoms with Crippen LogP contribution in [0.5, 0.6) is 0 Å². The van der Waals surface area contributed by atoms with Gasteiger partial charge in [0, 0.05) is 6.54 Å². The van der Waals surface area contributed by atoms with Crippen LogP contribution in [0.3, 0.4) is 0 Å². The highest BCUT2D eigenvalue weighted by Gasteiger charge is 2.10. The molecule has 0 spiro atoms. The maximum Gasteiger partial charge on any atom is 0.0798 e. The van der Waals surface area contributed by atoms with Crippen LogP contribution in [-0.2, 0) is 0 Å². The molecule has 0 saturated carbocycles. The molecule has 1 aliphatic carbocycles. The van der Waals surface area contributed by atoms with E-state index < -0.39 is 0 Å². The molecule has 0 heterocycles. The molecule has 0 aromatic heterocycles. The predicted molar refractivity (Wildman–Crippen MR) is 48.3 cm³/mol. The van der Waals surface area contributed by atoms with Crippen molar-refractivity contribution in [3.8, 4) is 0 Å². The minimum Gasteiger partial charge on any atom is -0.367 e. The molecule has 1 rings (SSSR count). The summed E-state index contributed by atoms with van der Waals surface area (Å²) in [5.74, 6) is 0. The Hall–Kier alpha value is -0.940. The highest BCUT2D eigenvalue weighted by Crippen LogP contribution is 2.09. The molecule has 0 aliphatic heterocycles. The van der Waals surface area contributed by atoms with Crippen molar-refractivity contribution in [1.29, 1.82) is 0 Å². The van der Waals surface area contributed by atoms with Crippen molar-refractivity contribution in [2.75, 3.05) is 6.54 Å². The molecule has 11 heavy (non-hydrogen) atoms. The van der Waals surface area contributed by atoms with Crippen molar-refractivity contribution >= 4 is 0 Å². The third kappa shape index (κ3) is 1.99. The monoisotopic (exact) mass is 149 g/mol. The molecular weight excluding hydrogens is 134 g/mol. The highest BCUT2D eigenvalue weighted by molar-refractivity contribution is 5.16. The number of rotatable bonds is 4. The lowest BCUT2D eigenvalue weighted by Crippen LogP contribution is -2.29. The lowest BCUT2D eigenvalue weighted by Gasteiger charge is -2.27. The molecule has 0 atom stereocenters. The zero-order valence-electron chi connectivity index (χ0n) is 7.25. The predicted octanol–water partition coefficient (Wildman–Crippen LogP) is 2.33. The molecule has 0 N–H and O–H groups in total. The summed E-state index contributed by atoms with van der Waals surface area (Å²) in [5, 5.41) is 0. The van der Waals surface area contributed by atoms with Gasteiger partial charge in [-0.15, -0.1) is 5.73 Å². The molecule has 0 saturated heterocycles. The van der Waals surface area contributed by atoms with Gasteiger partial charge >= 0.3 is 0 Å². The van der Waals surface area contributed by atoms with Crippen LogP contribution in [0.25, 0.3) is 0 Å². The first-order valence-corrected chi connectivity index (χ1v) is 4.19. The average Bonchev–Trinajstić information content (AvgIpc) is 1.85. The van der Waals surface area contributed by atoms with E-state index in [4.69, 9.17) is 0 Å². The first-order chi connectivity index (χ1) is 5.38. The van der Waals surface area contributed by atoms with Crippen LogP contribution >= 0.6 is 0 Å². The minimum atomic E-state index is 0.506. The number of hydrogen-bond donors (Lipinski definition) is 0. The summed E-state index contributed by atoms with van der Waals surface area (Å²) in [5.41, 5.74) is 3.03. The number of hydrogen-bond acceptors (Lipinski definition) is 1. The molecule has 0 aromatic carbocycles. The highest BCUT2D eigenvalue weighted by atomic mass is 15.1. The maximum atomic E-state index is 3.03. The van der Waals surface area contributed by atoms with Gasteiger partial charge < -0.3 is 4.90 Å². The van der Waals surface area contributed by atoms with Crippen LogP contribution in [-0.4, -0.2) is 17.5 Å². The van der Waals surface area contributed by atoms with Crippen LogP contribution in [0, 0.1) is 0 Å². The fourth-order valence-electron chi connectivity index (χ4n) is 1.15. The Morgan fingerprint density at radius 1 is 1.55 bits per heavy atom. The van der Waals surface area contributed by atoms with E-state index >= 15 is 0 Å². The molecule has 0 amide bonds. The smallest absolute Gasteiger partial charge is 0.0798 e. The average molecular weight is 149 g/mol. The first-order valence-electron chi connectivity index (χ1n) is 4.19. The van der Waals surface area contributed by atoms with E-state index in [0.29, 0.717) is 6.04 Å². The van der Waals surface area contributed by atoms with Crippen molar-refractivity contribution in [1.82, 2.24) is 4.90 Å². The summed E-state index contributed by atoms with van der Waals surface area (Å²) in [7, 11) is 0. The van der Waals surface area contributed by atoms with E-state index in [2.05, 4.69) is 48.9 Å². The van der Waals surface area contributed by atoms with E-state index in [0.717, 1.165) is 6.54 Å². The van der Waals surface area contributed by atoms with Crippen molar-refractivity contribution in [2.45, 2.75) is 26.3 Å². The largest absolute Gasteiger partial charge is 0.367 e. The van der Waals surface area contributed by atoms with Crippen molar-refractivity contribution in [2.24, 2.45) is 0 Å². The fourth-order valence-corrected chi connectivity index (χ4v) is 1.15. The van der Waals surface area contributed by atoms with E-state index in [1.165, 1.54) is 6.42 Å². The van der Waals surface area contributed by atoms with Gasteiger partial charge in [-0.2, -0.15) is 0 Å². The second-order valence-corrected chi connectivity index (χ2v) is 2.71. The van der Waals surface area contributed by atoms with Gasteiger partial charge in [-0.3, -0.25) is 0 Å². The molecule has 1 aliphatic rings. The van der Waals surface area contributed by atoms with Crippen molar-refractivity contribution in [3.05, 3.63) is 30.2 Å². The lowest BCUT2D eigenvalue weighted by atomic mass is 10.1. The molecule has 0 fully saturated rings. The fraction of sp³-hybridized carbons (Fsp3) is 0.500. The molecule has 1 nitrogen and oxygen atoms in total. The van der Waals surface area contributed by atoms with Gasteiger partial charge in [0.15, 0.2) is 0 Å². The van der Waals surface area contributed by atoms with Gasteiger partial charge in [0.1, 0.15) is 0 Å². The van der Waals surface area contributed by atoms with E-state index in [-0.39, 0.29) is 0 Å². The van der Waals surface area contributed by atoms with Crippen molar-refractivity contribution in [3.63, 3.8) is 0 Å². The van der Waals surface area contributed by atoms with Gasteiger partial charge in [0.25, 0.3) is 0 Å². The summed E-state index contributed by atoms with van der Waals surface area (Å²) < 4.78 is 0. The minimum absolute atomic E-state index is 0.506. The topological polar surface area (TPSA) is 3.24 Å². The van der Waals surface area contributed by atoms with Gasteiger partial charge in [-0.05, 0) is 31.7 Å². The van der Waals surface area contributed by atoms with Crippen LogP contribution in [0.1, 0.15) is 20.3 Å². The van der Waals surface area contributed by atoms with E-state index in [9.17, 15) is 0 Å². The third-order valence-corrected chi connectivity index (χ3v) is 1.74. The zero-order chi connectivity index (χ0) is 8.10. The molecule has 0 bridgehead atoms. The van der Waals surface area contributed by atoms with E-state index in [1.807, 2.05) is 0 Å². The summed E-state index contributed by atoms with van der Waals surface area (Å²) in [6, 6.07) is 0.506. The second-order valence-electron chi connectivity index (χ2n) is 2.71. The third-order valence-electron chi connectivity index (χ3n) is 1.74. The van der Waals surface area contributed by atoms with Crippen LogP contribution in [0.15, 0.2) is 30.2 Å². The maximum absolute atomic E-state index is 3.03. The Morgan fingerprint density at radius 2 is 2.27 bits per heavy atom. The van der Waals surface area contributed by atoms with Gasteiger partial charge in [-0.1, -0.05) is 13.0 Å². The van der Waals surface area contributed by atoms with Crippen LogP contribution in [0.4, 0.5) is 0 Å². The standard InChI is InChI=1S/C10H15N/c1-3-8-11(9-4-2)10-6-5-7-10/h3,6-8,10H,4,9H2,1-2H3/b8-3+. The molecule has 0 unspecified atom stereocenters. The summed E-state index contributed by atoms with van der Waals surface area (Å²) in [4.78, 5) is 2.32. The van der Waals surface area contributed by atoms with Gasteiger partial charge in [0.2, 0.25) is 0 Å². The van der Waals surface area contributed by atoms with Crippen LogP contribution in [0.2, 0.25) is 0 Å². The molecular formula is C10H15N. The molecule has 0 radical (unpaired) electrons. The van der Waals surface area contributed by atoms with Gasteiger partial charge in [-0.25, -0.2) is 0 Å². The Bertz CT molecular complexity index is 189. The Kier molecular flexibility index (Phi) is 3.00. The first kappa shape index (κ1) is 8.16. The Labute approximate surface area is 68.7 Å². The Balaban J connectivity index is 2.39. The number of allylic oxidation sites excluding steroid dienone is 1. The zero-order valence-corrected chi connectivity index (χ0v) is 7.25. The molecule has 1 heteroatoms. The van der Waals surface area contributed by atoms with Crippen molar-refractivity contribution < 1.29 is 0 Å². The summed E-state index contributed by atoms with van der Waals surface area (Å²) in [6.45, 7) is 5.38. The lowest BCUT2D eigenvalue weighted by molar-refractivity contribution is 0.354. The quantitative estimate of drug-likeness (QED) is 0.554. The van der Waals surface area contributed by atoms with Crippen LogP contribution < -0.4 is 0 Å². The summed E-state index contributed by atoms with van der Waals surface area (Å²) >= 11 is 0. The normalized spacial score (nSPS) is 15.8. The second kappa shape index (κ2) is 4.05. The SMILES string of the molecule is C/C=C/N(CCC)C1C=C=C1. The van der Waals surface area contributed by atoms with Gasteiger partial charge in [0.05, 0.1) is 6.04 Å². The Morgan fingerprint density at radius 3 is 2.64 bits per heavy atom. The van der Waals surface area contributed by atoms with E-state index in [1.54, 1.807) is 0 Å². The number of nitrogens with zero attached hydrogens (tertiary/aromatic N) is 1. The molecule has 0 aromatic rings. The molecule has 60 valence electrons. The summed E-state index contributed by atoms with van der Waals surface area (Å²) in [6.07, 6.45) is 9.60.